The molecule has 1 atom stereocenters. The van der Waals surface area contributed by atoms with Gasteiger partial charge in [0.1, 0.15) is 0 Å². The highest BCUT2D eigenvalue weighted by molar-refractivity contribution is 5.01. The van der Waals surface area contributed by atoms with E-state index in [1.165, 1.54) is 32.1 Å². The summed E-state index contributed by atoms with van der Waals surface area (Å²) in [6.07, 6.45) is 7.20. The number of hydrogen-bond donors (Lipinski definition) is 1. The van der Waals surface area contributed by atoms with E-state index in [-0.39, 0.29) is 0 Å². The molecule has 1 unspecified atom stereocenters. The summed E-state index contributed by atoms with van der Waals surface area (Å²) in [6.45, 7) is 2.18. The maximum atomic E-state index is 5.91. The first-order chi connectivity index (χ1) is 4.73. The third-order valence-corrected chi connectivity index (χ3v) is 3.25. The molecule has 2 saturated carbocycles. The molecule has 0 aromatic heterocycles. The van der Waals surface area contributed by atoms with E-state index in [2.05, 4.69) is 6.92 Å². The molecule has 0 heterocycles. The fourth-order valence-electron chi connectivity index (χ4n) is 1.90. The van der Waals surface area contributed by atoms with E-state index >= 15 is 0 Å². The van der Waals surface area contributed by atoms with E-state index < -0.39 is 0 Å². The lowest BCUT2D eigenvalue weighted by atomic mass is 9.92. The van der Waals surface area contributed by atoms with Gasteiger partial charge in [-0.25, -0.2) is 0 Å². The molecule has 0 aromatic rings. The first kappa shape index (κ1) is 6.66. The summed E-state index contributed by atoms with van der Waals surface area (Å²) in [5, 5.41) is 0. The van der Waals surface area contributed by atoms with Gasteiger partial charge in [0.25, 0.3) is 0 Å². The van der Waals surface area contributed by atoms with Gasteiger partial charge in [-0.2, -0.15) is 0 Å². The standard InChI is InChI=1S/C9H17N/c1-7(10)9(4-5-9)6-8-2-3-8/h7-8H,2-6,10H2,1H3. The van der Waals surface area contributed by atoms with Crippen molar-refractivity contribution in [3.05, 3.63) is 0 Å². The van der Waals surface area contributed by atoms with Crippen LogP contribution in [0.3, 0.4) is 0 Å². The van der Waals surface area contributed by atoms with Gasteiger partial charge in [0.15, 0.2) is 0 Å². The second-order valence-electron chi connectivity index (χ2n) is 4.30. The first-order valence-electron chi connectivity index (χ1n) is 4.48. The lowest BCUT2D eigenvalue weighted by Gasteiger charge is -2.18. The van der Waals surface area contributed by atoms with Crippen LogP contribution in [0.5, 0.6) is 0 Å². The van der Waals surface area contributed by atoms with Crippen molar-refractivity contribution in [2.75, 3.05) is 0 Å². The number of hydrogen-bond acceptors (Lipinski definition) is 1. The minimum Gasteiger partial charge on any atom is -0.327 e. The smallest absolute Gasteiger partial charge is 0.00671 e. The Morgan fingerprint density at radius 2 is 2.10 bits per heavy atom. The molecule has 0 amide bonds. The molecule has 2 aliphatic rings. The van der Waals surface area contributed by atoms with Gasteiger partial charge in [0, 0.05) is 6.04 Å². The van der Waals surface area contributed by atoms with Crippen LogP contribution in [-0.2, 0) is 0 Å². The molecule has 10 heavy (non-hydrogen) atoms. The SMILES string of the molecule is CC(N)C1(CC2CC2)CC1. The summed E-state index contributed by atoms with van der Waals surface area (Å²) in [7, 11) is 0. The Hall–Kier alpha value is -0.0400. The average Bonchev–Trinajstić information content (AvgIpc) is 2.65. The Balaban J connectivity index is 1.87. The molecular weight excluding hydrogens is 122 g/mol. The highest BCUT2D eigenvalue weighted by Crippen LogP contribution is 2.56. The van der Waals surface area contributed by atoms with E-state index in [4.69, 9.17) is 5.73 Å². The molecule has 0 saturated heterocycles. The molecule has 0 aliphatic heterocycles. The van der Waals surface area contributed by atoms with Crippen molar-refractivity contribution in [3.63, 3.8) is 0 Å². The predicted molar refractivity (Wildman–Crippen MR) is 42.7 cm³/mol. The summed E-state index contributed by atoms with van der Waals surface area (Å²) >= 11 is 0. The van der Waals surface area contributed by atoms with Gasteiger partial charge in [0.05, 0.1) is 0 Å². The molecule has 0 bridgehead atoms. The number of nitrogens with two attached hydrogens (primary N) is 1. The molecule has 0 radical (unpaired) electrons. The molecule has 2 fully saturated rings. The third-order valence-electron chi connectivity index (χ3n) is 3.25. The first-order valence-corrected chi connectivity index (χ1v) is 4.48. The van der Waals surface area contributed by atoms with Crippen molar-refractivity contribution in [1.29, 1.82) is 0 Å². The van der Waals surface area contributed by atoms with Crippen LogP contribution in [0.15, 0.2) is 0 Å². The quantitative estimate of drug-likeness (QED) is 0.635. The van der Waals surface area contributed by atoms with Gasteiger partial charge < -0.3 is 5.73 Å². The fraction of sp³-hybridized carbons (Fsp3) is 1.00. The van der Waals surface area contributed by atoms with Crippen LogP contribution in [0.4, 0.5) is 0 Å². The largest absolute Gasteiger partial charge is 0.327 e. The van der Waals surface area contributed by atoms with Gasteiger partial charge in [-0.3, -0.25) is 0 Å². The Morgan fingerprint density at radius 3 is 2.40 bits per heavy atom. The van der Waals surface area contributed by atoms with Crippen molar-refractivity contribution in [2.45, 2.75) is 45.1 Å². The maximum absolute atomic E-state index is 5.91. The summed E-state index contributed by atoms with van der Waals surface area (Å²) in [4.78, 5) is 0. The van der Waals surface area contributed by atoms with Gasteiger partial charge in [-0.1, -0.05) is 12.8 Å². The molecule has 2 rings (SSSR count). The zero-order chi connectivity index (χ0) is 7.19. The molecular formula is C9H17N. The lowest BCUT2D eigenvalue weighted by molar-refractivity contribution is 0.368. The summed E-state index contributed by atoms with van der Waals surface area (Å²) in [5.74, 6) is 1.06. The Morgan fingerprint density at radius 1 is 1.50 bits per heavy atom. The van der Waals surface area contributed by atoms with Crippen LogP contribution >= 0.6 is 0 Å². The van der Waals surface area contributed by atoms with Crippen molar-refractivity contribution >= 4 is 0 Å². The highest BCUT2D eigenvalue weighted by Gasteiger charge is 2.48. The van der Waals surface area contributed by atoms with Crippen molar-refractivity contribution in [1.82, 2.24) is 0 Å². The molecule has 2 N–H and O–H groups in total. The fourth-order valence-corrected chi connectivity index (χ4v) is 1.90. The Labute approximate surface area is 63.0 Å². The zero-order valence-corrected chi connectivity index (χ0v) is 6.77. The van der Waals surface area contributed by atoms with Crippen LogP contribution in [-0.4, -0.2) is 6.04 Å². The summed E-state index contributed by atoms with van der Waals surface area (Å²) in [6, 6.07) is 0.452. The van der Waals surface area contributed by atoms with E-state index in [1.54, 1.807) is 0 Å². The predicted octanol–water partition coefficient (Wildman–Crippen LogP) is 1.91. The van der Waals surface area contributed by atoms with Crippen LogP contribution in [0.25, 0.3) is 0 Å². The average molecular weight is 139 g/mol. The molecule has 2 aliphatic carbocycles. The monoisotopic (exact) mass is 139 g/mol. The molecule has 58 valence electrons. The maximum Gasteiger partial charge on any atom is 0.00671 e. The van der Waals surface area contributed by atoms with Crippen molar-refractivity contribution < 1.29 is 0 Å². The van der Waals surface area contributed by atoms with Crippen molar-refractivity contribution in [2.24, 2.45) is 17.1 Å². The number of rotatable bonds is 3. The van der Waals surface area contributed by atoms with Crippen molar-refractivity contribution in [3.8, 4) is 0 Å². The Bertz CT molecular complexity index is 132. The van der Waals surface area contributed by atoms with E-state index in [9.17, 15) is 0 Å². The van der Waals surface area contributed by atoms with E-state index in [0.29, 0.717) is 11.5 Å². The van der Waals surface area contributed by atoms with Crippen LogP contribution in [0.1, 0.15) is 39.0 Å². The lowest BCUT2D eigenvalue weighted by Crippen LogP contribution is -2.28. The van der Waals surface area contributed by atoms with Crippen LogP contribution in [0.2, 0.25) is 0 Å². The topological polar surface area (TPSA) is 26.0 Å². The second-order valence-corrected chi connectivity index (χ2v) is 4.30. The normalized spacial score (nSPS) is 31.8. The minimum atomic E-state index is 0.452. The van der Waals surface area contributed by atoms with E-state index in [0.717, 1.165) is 5.92 Å². The summed E-state index contributed by atoms with van der Waals surface area (Å²) in [5.41, 5.74) is 6.52. The van der Waals surface area contributed by atoms with E-state index in [1.807, 2.05) is 0 Å². The Kier molecular flexibility index (Phi) is 1.31. The molecule has 0 aromatic carbocycles. The van der Waals surface area contributed by atoms with Crippen LogP contribution < -0.4 is 5.73 Å². The van der Waals surface area contributed by atoms with Gasteiger partial charge in [-0.15, -0.1) is 0 Å². The highest BCUT2D eigenvalue weighted by atomic mass is 14.7. The molecule has 1 heteroatoms. The zero-order valence-electron chi connectivity index (χ0n) is 6.77. The van der Waals surface area contributed by atoms with Gasteiger partial charge in [-0.05, 0) is 37.5 Å². The summed E-state index contributed by atoms with van der Waals surface area (Å²) < 4.78 is 0. The van der Waals surface area contributed by atoms with Gasteiger partial charge >= 0.3 is 0 Å². The molecule has 1 nitrogen and oxygen atoms in total. The minimum absolute atomic E-state index is 0.452. The third kappa shape index (κ3) is 1.07. The van der Waals surface area contributed by atoms with Crippen LogP contribution in [0, 0.1) is 11.3 Å². The molecule has 0 spiro atoms. The van der Waals surface area contributed by atoms with Gasteiger partial charge in [0.2, 0.25) is 0 Å². The second kappa shape index (κ2) is 1.97.